The highest BCUT2D eigenvalue weighted by Crippen LogP contribution is 2.66. The van der Waals surface area contributed by atoms with Gasteiger partial charge in [-0.05, 0) is 48.0 Å². The van der Waals surface area contributed by atoms with Gasteiger partial charge in [0, 0.05) is 25.2 Å². The molecule has 1 spiro atoms. The second kappa shape index (κ2) is 6.58. The largest absolute Gasteiger partial charge is 0.461 e. The Kier molecular flexibility index (Phi) is 4.57. The summed E-state index contributed by atoms with van der Waals surface area (Å²) in [5.74, 6) is 0.119. The lowest BCUT2D eigenvalue weighted by Gasteiger charge is -2.48. The smallest absolute Gasteiger partial charge is 0.303 e. The Balaban J connectivity index is 1.74. The van der Waals surface area contributed by atoms with Crippen LogP contribution in [0.25, 0.3) is 0 Å². The van der Waals surface area contributed by atoms with Crippen molar-refractivity contribution in [2.24, 2.45) is 17.3 Å². The van der Waals surface area contributed by atoms with Gasteiger partial charge in [0.05, 0.1) is 0 Å². The van der Waals surface area contributed by atoms with Crippen LogP contribution in [0.5, 0.6) is 0 Å². The lowest BCUT2D eigenvalue weighted by Crippen LogP contribution is -2.52. The lowest BCUT2D eigenvalue weighted by molar-refractivity contribution is -0.155. The van der Waals surface area contributed by atoms with Crippen LogP contribution in [0.4, 0.5) is 0 Å². The van der Waals surface area contributed by atoms with E-state index in [2.05, 4.69) is 39.0 Å². The van der Waals surface area contributed by atoms with Gasteiger partial charge in [-0.15, -0.1) is 0 Å². The number of epoxide rings is 1. The molecule has 1 heterocycles. The molecular formula is C23H30O5. The number of allylic oxidation sites excluding steroid dienone is 2. The summed E-state index contributed by atoms with van der Waals surface area (Å²) in [6.45, 7) is 9.83. The maximum absolute atomic E-state index is 11.9. The van der Waals surface area contributed by atoms with E-state index in [-0.39, 0.29) is 35.5 Å². The molecular weight excluding hydrogens is 356 g/mol. The van der Waals surface area contributed by atoms with Crippen molar-refractivity contribution in [1.29, 1.82) is 0 Å². The summed E-state index contributed by atoms with van der Waals surface area (Å²) in [6.07, 6.45) is 9.14. The SMILES string of the molecule is CC(=O)OCC1=CCC[C@@]2(C)C1=C[C@@H]1O[C@]13C2=CCC(C(C)C)[C@H]3OC(C)=O. The fraction of sp³-hybridized carbons (Fsp3) is 0.652. The number of carbonyl (C=O) groups is 2. The summed E-state index contributed by atoms with van der Waals surface area (Å²) >= 11 is 0. The van der Waals surface area contributed by atoms with E-state index in [1.165, 1.54) is 25.0 Å². The van der Waals surface area contributed by atoms with E-state index in [0.29, 0.717) is 12.5 Å². The molecule has 5 atom stereocenters. The van der Waals surface area contributed by atoms with Crippen LogP contribution in [0.1, 0.15) is 53.9 Å². The molecule has 0 saturated carbocycles. The molecule has 0 aromatic rings. The van der Waals surface area contributed by atoms with Crippen LogP contribution < -0.4 is 0 Å². The first kappa shape index (κ1) is 19.4. The number of carbonyl (C=O) groups excluding carboxylic acids is 2. The highest BCUT2D eigenvalue weighted by atomic mass is 16.6. The first-order chi connectivity index (χ1) is 13.2. The maximum atomic E-state index is 11.9. The Morgan fingerprint density at radius 2 is 2.00 bits per heavy atom. The highest BCUT2D eigenvalue weighted by Gasteiger charge is 2.72. The number of rotatable bonds is 4. The van der Waals surface area contributed by atoms with Crippen LogP contribution in [0.15, 0.2) is 34.9 Å². The molecule has 5 nitrogen and oxygen atoms in total. The maximum Gasteiger partial charge on any atom is 0.303 e. The van der Waals surface area contributed by atoms with Gasteiger partial charge >= 0.3 is 11.9 Å². The average molecular weight is 386 g/mol. The molecule has 0 radical (unpaired) electrons. The second-order valence-corrected chi connectivity index (χ2v) is 9.08. The summed E-state index contributed by atoms with van der Waals surface area (Å²) in [5.41, 5.74) is 2.82. The molecule has 1 fully saturated rings. The molecule has 0 aromatic heterocycles. The minimum absolute atomic E-state index is 0.0912. The number of hydrogen-bond acceptors (Lipinski definition) is 5. The summed E-state index contributed by atoms with van der Waals surface area (Å²) in [7, 11) is 0. The van der Waals surface area contributed by atoms with Crippen molar-refractivity contribution >= 4 is 11.9 Å². The quantitative estimate of drug-likeness (QED) is 0.417. The van der Waals surface area contributed by atoms with Gasteiger partial charge in [0.2, 0.25) is 0 Å². The zero-order valence-electron chi connectivity index (χ0n) is 17.4. The van der Waals surface area contributed by atoms with E-state index in [1.54, 1.807) is 0 Å². The molecule has 0 amide bonds. The van der Waals surface area contributed by atoms with Gasteiger partial charge in [-0.1, -0.05) is 32.9 Å². The van der Waals surface area contributed by atoms with E-state index < -0.39 is 5.60 Å². The first-order valence-corrected chi connectivity index (χ1v) is 10.3. The van der Waals surface area contributed by atoms with Gasteiger partial charge in [0.1, 0.15) is 18.8 Å². The minimum atomic E-state index is -0.527. The van der Waals surface area contributed by atoms with Gasteiger partial charge in [0.15, 0.2) is 5.60 Å². The molecule has 0 aromatic carbocycles. The lowest BCUT2D eigenvalue weighted by atomic mass is 9.55. The van der Waals surface area contributed by atoms with E-state index in [1.807, 2.05) is 0 Å². The molecule has 5 heteroatoms. The molecule has 0 bridgehead atoms. The molecule has 28 heavy (non-hydrogen) atoms. The predicted octanol–water partition coefficient (Wildman–Crippen LogP) is 3.89. The standard InChI is InChI=1S/C23H30O5/c1-13(2)17-8-9-19-22(5)10-6-7-16(12-26-14(3)24)18(22)11-20-23(19,28-20)21(17)27-15(4)25/h7,9,11,13,17,20-21H,6,8,10,12H2,1-5H3/t17?,20-,21+,22-,23+/m0/s1. The third-order valence-electron chi connectivity index (χ3n) is 6.98. The average Bonchev–Trinajstić information content (AvgIpc) is 3.31. The summed E-state index contributed by atoms with van der Waals surface area (Å²) in [6, 6.07) is 0. The van der Waals surface area contributed by atoms with Gasteiger partial charge < -0.3 is 14.2 Å². The summed E-state index contributed by atoms with van der Waals surface area (Å²) in [5, 5.41) is 0. The van der Waals surface area contributed by atoms with Crippen molar-refractivity contribution < 1.29 is 23.8 Å². The predicted molar refractivity (Wildman–Crippen MR) is 104 cm³/mol. The number of ether oxygens (including phenoxy) is 3. The van der Waals surface area contributed by atoms with Crippen LogP contribution in [0, 0.1) is 17.3 Å². The number of fused-ring (bicyclic) bond motifs is 2. The van der Waals surface area contributed by atoms with Gasteiger partial charge in [-0.3, -0.25) is 9.59 Å². The summed E-state index contributed by atoms with van der Waals surface area (Å²) in [4.78, 5) is 23.2. The van der Waals surface area contributed by atoms with Gasteiger partial charge in [-0.25, -0.2) is 0 Å². The molecule has 1 unspecified atom stereocenters. The normalized spacial score (nSPS) is 38.2. The van der Waals surface area contributed by atoms with Gasteiger partial charge in [-0.2, -0.15) is 0 Å². The van der Waals surface area contributed by atoms with Crippen LogP contribution in [-0.2, 0) is 23.8 Å². The Labute approximate surface area is 166 Å². The number of esters is 2. The van der Waals surface area contributed by atoms with E-state index >= 15 is 0 Å². The Morgan fingerprint density at radius 1 is 1.25 bits per heavy atom. The van der Waals surface area contributed by atoms with Crippen LogP contribution in [-0.4, -0.2) is 36.4 Å². The second-order valence-electron chi connectivity index (χ2n) is 9.08. The van der Waals surface area contributed by atoms with Crippen molar-refractivity contribution in [3.63, 3.8) is 0 Å². The zero-order valence-corrected chi connectivity index (χ0v) is 17.4. The summed E-state index contributed by atoms with van der Waals surface area (Å²) < 4.78 is 17.5. The Morgan fingerprint density at radius 3 is 2.64 bits per heavy atom. The number of hydrogen-bond donors (Lipinski definition) is 0. The molecule has 4 rings (SSSR count). The molecule has 3 aliphatic carbocycles. The molecule has 152 valence electrons. The third kappa shape index (κ3) is 2.78. The molecule has 1 saturated heterocycles. The monoisotopic (exact) mass is 386 g/mol. The first-order valence-electron chi connectivity index (χ1n) is 10.3. The van der Waals surface area contributed by atoms with Crippen molar-refractivity contribution in [3.8, 4) is 0 Å². The molecule has 0 N–H and O–H groups in total. The van der Waals surface area contributed by atoms with Crippen molar-refractivity contribution in [1.82, 2.24) is 0 Å². The third-order valence-corrected chi connectivity index (χ3v) is 6.98. The van der Waals surface area contributed by atoms with Gasteiger partial charge in [0.25, 0.3) is 0 Å². The van der Waals surface area contributed by atoms with Crippen LogP contribution in [0.3, 0.4) is 0 Å². The van der Waals surface area contributed by atoms with E-state index in [0.717, 1.165) is 24.8 Å². The minimum Gasteiger partial charge on any atom is -0.461 e. The highest BCUT2D eigenvalue weighted by molar-refractivity contribution is 5.68. The topological polar surface area (TPSA) is 65.1 Å². The fourth-order valence-electron chi connectivity index (χ4n) is 5.59. The molecule has 4 aliphatic rings. The Hall–Kier alpha value is -1.88. The van der Waals surface area contributed by atoms with E-state index in [4.69, 9.17) is 14.2 Å². The van der Waals surface area contributed by atoms with Crippen molar-refractivity contribution in [3.05, 3.63) is 34.9 Å². The van der Waals surface area contributed by atoms with E-state index in [9.17, 15) is 9.59 Å². The zero-order chi connectivity index (χ0) is 20.3. The molecule has 1 aliphatic heterocycles. The fourth-order valence-corrected chi connectivity index (χ4v) is 5.59. The Bertz CT molecular complexity index is 804. The van der Waals surface area contributed by atoms with Crippen molar-refractivity contribution in [2.45, 2.75) is 71.7 Å². The van der Waals surface area contributed by atoms with Crippen molar-refractivity contribution in [2.75, 3.05) is 6.61 Å². The van der Waals surface area contributed by atoms with Crippen LogP contribution in [0.2, 0.25) is 0 Å². The van der Waals surface area contributed by atoms with Crippen LogP contribution >= 0.6 is 0 Å².